The Morgan fingerprint density at radius 3 is 2.50 bits per heavy atom. The second-order valence-corrected chi connectivity index (χ2v) is 3.72. The maximum atomic E-state index is 11.7. The van der Waals surface area contributed by atoms with E-state index in [-0.39, 0.29) is 0 Å². The molecule has 0 saturated heterocycles. The molecular weight excluding hydrogens is 234 g/mol. The number of aliphatic carboxylic acids is 1. The van der Waals surface area contributed by atoms with Crippen LogP contribution in [0.3, 0.4) is 0 Å². The van der Waals surface area contributed by atoms with Gasteiger partial charge in [0.25, 0.3) is 5.91 Å². The average Bonchev–Trinajstić information content (AvgIpc) is 2.34. The van der Waals surface area contributed by atoms with Gasteiger partial charge >= 0.3 is 5.97 Å². The van der Waals surface area contributed by atoms with Gasteiger partial charge in [-0.25, -0.2) is 4.79 Å². The van der Waals surface area contributed by atoms with Crippen molar-refractivity contribution in [3.05, 3.63) is 35.9 Å². The lowest BCUT2D eigenvalue weighted by atomic mass is 10.2. The smallest absolute Gasteiger partial charge is 0.328 e. The largest absolute Gasteiger partial charge is 0.496 e. The molecule has 1 N–H and O–H groups in total. The molecule has 0 aliphatic rings. The van der Waals surface area contributed by atoms with Crippen LogP contribution in [0.15, 0.2) is 30.4 Å². The zero-order valence-corrected chi connectivity index (χ0v) is 10.5. The fourth-order valence-corrected chi connectivity index (χ4v) is 1.45. The number of benzene rings is 1. The highest BCUT2D eigenvalue weighted by Gasteiger charge is 2.09. The summed E-state index contributed by atoms with van der Waals surface area (Å²) in [7, 11) is 3.16. The predicted octanol–water partition coefficient (Wildman–Crippen LogP) is 1.61. The molecular formula is C13H15NO4. The van der Waals surface area contributed by atoms with Crippen molar-refractivity contribution in [2.75, 3.05) is 19.1 Å². The number of hydrogen-bond donors (Lipinski definition) is 1. The number of nitrogens with zero attached hydrogens (tertiary/aromatic N) is 1. The van der Waals surface area contributed by atoms with Gasteiger partial charge in [0.1, 0.15) is 5.75 Å². The fourth-order valence-electron chi connectivity index (χ4n) is 1.45. The first-order valence-electron chi connectivity index (χ1n) is 5.29. The van der Waals surface area contributed by atoms with Gasteiger partial charge < -0.3 is 14.7 Å². The van der Waals surface area contributed by atoms with Gasteiger partial charge in [0.05, 0.1) is 7.11 Å². The van der Waals surface area contributed by atoms with Gasteiger partial charge in [-0.2, -0.15) is 0 Å². The summed E-state index contributed by atoms with van der Waals surface area (Å²) in [5.74, 6) is -0.815. The zero-order chi connectivity index (χ0) is 13.7. The third-order valence-electron chi connectivity index (χ3n) is 2.46. The quantitative estimate of drug-likeness (QED) is 0.823. The van der Waals surface area contributed by atoms with E-state index in [4.69, 9.17) is 9.84 Å². The monoisotopic (exact) mass is 249 g/mol. The van der Waals surface area contributed by atoms with Gasteiger partial charge in [0.2, 0.25) is 0 Å². The van der Waals surface area contributed by atoms with Gasteiger partial charge in [-0.3, -0.25) is 4.79 Å². The molecule has 0 saturated carbocycles. The van der Waals surface area contributed by atoms with Crippen molar-refractivity contribution in [3.63, 3.8) is 0 Å². The van der Waals surface area contributed by atoms with E-state index in [1.807, 2.05) is 6.92 Å². The number of carboxylic acid groups (broad SMARTS) is 1. The summed E-state index contributed by atoms with van der Waals surface area (Å²) in [6, 6.07) is 5.29. The molecule has 1 rings (SSSR count). The van der Waals surface area contributed by atoms with Gasteiger partial charge in [-0.05, 0) is 30.7 Å². The van der Waals surface area contributed by atoms with Crippen LogP contribution in [0.25, 0.3) is 0 Å². The first-order valence-corrected chi connectivity index (χ1v) is 5.29. The normalized spacial score (nSPS) is 10.4. The Kier molecular flexibility index (Phi) is 4.48. The minimum Gasteiger partial charge on any atom is -0.496 e. The maximum Gasteiger partial charge on any atom is 0.328 e. The zero-order valence-electron chi connectivity index (χ0n) is 10.5. The summed E-state index contributed by atoms with van der Waals surface area (Å²) in [6.07, 6.45) is 1.83. The molecule has 96 valence electrons. The topological polar surface area (TPSA) is 66.8 Å². The highest BCUT2D eigenvalue weighted by molar-refractivity contribution is 6.03. The Hall–Kier alpha value is -2.30. The number of anilines is 1. The minimum absolute atomic E-state index is 0.401. The SMILES string of the molecule is COc1ccc(N(C)C(=O)/C=C/C(=O)O)cc1C. The molecule has 1 aromatic rings. The standard InChI is InChI=1S/C13H15NO4/c1-9-8-10(4-5-11(9)18-3)14(2)12(15)6-7-13(16)17/h4-8H,1-3H3,(H,16,17)/b7-6+. The molecule has 0 spiro atoms. The number of carbonyl (C=O) groups is 2. The molecule has 18 heavy (non-hydrogen) atoms. The Bertz CT molecular complexity index is 494. The van der Waals surface area contributed by atoms with Crippen LogP contribution in [0.2, 0.25) is 0 Å². The summed E-state index contributed by atoms with van der Waals surface area (Å²) in [5.41, 5.74) is 1.57. The van der Waals surface area contributed by atoms with E-state index >= 15 is 0 Å². The molecule has 0 bridgehead atoms. The lowest BCUT2D eigenvalue weighted by molar-refractivity contribution is -0.131. The Morgan fingerprint density at radius 2 is 2.00 bits per heavy atom. The van der Waals surface area contributed by atoms with Crippen LogP contribution in [0, 0.1) is 6.92 Å². The number of carbonyl (C=O) groups excluding carboxylic acids is 1. The van der Waals surface area contributed by atoms with Crippen LogP contribution in [0.5, 0.6) is 5.75 Å². The van der Waals surface area contributed by atoms with Crippen molar-refractivity contribution < 1.29 is 19.4 Å². The summed E-state index contributed by atoms with van der Waals surface area (Å²) < 4.78 is 5.12. The number of aryl methyl sites for hydroxylation is 1. The highest BCUT2D eigenvalue weighted by atomic mass is 16.5. The number of ether oxygens (including phenoxy) is 1. The molecule has 1 aromatic carbocycles. The first kappa shape index (κ1) is 13.8. The van der Waals surface area contributed by atoms with Crippen LogP contribution in [0.1, 0.15) is 5.56 Å². The van der Waals surface area contributed by atoms with Crippen LogP contribution in [-0.4, -0.2) is 31.1 Å². The van der Waals surface area contributed by atoms with Gasteiger partial charge in [0, 0.05) is 24.9 Å². The van der Waals surface area contributed by atoms with E-state index in [0.717, 1.165) is 23.5 Å². The van der Waals surface area contributed by atoms with Crippen LogP contribution >= 0.6 is 0 Å². The molecule has 0 atom stereocenters. The molecule has 0 heterocycles. The van der Waals surface area contributed by atoms with Crippen LogP contribution < -0.4 is 9.64 Å². The Balaban J connectivity index is 2.90. The summed E-state index contributed by atoms with van der Waals surface area (Å²) in [6.45, 7) is 1.87. The van der Waals surface area contributed by atoms with Crippen molar-refractivity contribution >= 4 is 17.6 Å². The first-order chi connectivity index (χ1) is 8.45. The molecule has 0 aliphatic carbocycles. The molecule has 0 fully saturated rings. The van der Waals surface area contributed by atoms with Gasteiger partial charge in [-0.1, -0.05) is 0 Å². The van der Waals surface area contributed by atoms with Crippen molar-refractivity contribution in [1.82, 2.24) is 0 Å². The maximum absolute atomic E-state index is 11.7. The molecule has 5 heteroatoms. The molecule has 0 aliphatic heterocycles. The Morgan fingerprint density at radius 1 is 1.33 bits per heavy atom. The molecule has 1 amide bonds. The van der Waals surface area contributed by atoms with E-state index in [1.165, 1.54) is 4.90 Å². The molecule has 5 nitrogen and oxygen atoms in total. The second-order valence-electron chi connectivity index (χ2n) is 3.72. The van der Waals surface area contributed by atoms with Crippen LogP contribution in [0.4, 0.5) is 5.69 Å². The highest BCUT2D eigenvalue weighted by Crippen LogP contribution is 2.23. The lowest BCUT2D eigenvalue weighted by Gasteiger charge is -2.16. The molecule has 0 radical (unpaired) electrons. The van der Waals surface area contributed by atoms with Crippen molar-refractivity contribution in [1.29, 1.82) is 0 Å². The number of methoxy groups -OCH3 is 1. The van der Waals surface area contributed by atoms with Crippen LogP contribution in [-0.2, 0) is 9.59 Å². The third kappa shape index (κ3) is 3.35. The second kappa shape index (κ2) is 5.86. The van der Waals surface area contributed by atoms with Crippen molar-refractivity contribution in [2.45, 2.75) is 6.92 Å². The number of likely N-dealkylation sites (N-methyl/N-ethyl adjacent to an activating group) is 1. The summed E-state index contributed by atoms with van der Waals surface area (Å²) in [4.78, 5) is 23.4. The molecule has 0 unspecified atom stereocenters. The summed E-state index contributed by atoms with van der Waals surface area (Å²) >= 11 is 0. The van der Waals surface area contributed by atoms with E-state index in [9.17, 15) is 9.59 Å². The number of amides is 1. The van der Waals surface area contributed by atoms with E-state index in [1.54, 1.807) is 32.4 Å². The van der Waals surface area contributed by atoms with E-state index in [0.29, 0.717) is 5.69 Å². The minimum atomic E-state index is -1.15. The number of rotatable bonds is 4. The third-order valence-corrected chi connectivity index (χ3v) is 2.46. The number of hydrogen-bond acceptors (Lipinski definition) is 3. The molecule has 0 aromatic heterocycles. The van der Waals surface area contributed by atoms with Gasteiger partial charge in [0.15, 0.2) is 0 Å². The fraction of sp³-hybridized carbons (Fsp3) is 0.231. The average molecular weight is 249 g/mol. The van der Waals surface area contributed by atoms with E-state index < -0.39 is 11.9 Å². The summed E-state index contributed by atoms with van der Waals surface area (Å²) in [5, 5.41) is 8.45. The van der Waals surface area contributed by atoms with Crippen molar-refractivity contribution in [2.24, 2.45) is 0 Å². The Labute approximate surface area is 105 Å². The van der Waals surface area contributed by atoms with E-state index in [2.05, 4.69) is 0 Å². The predicted molar refractivity (Wildman–Crippen MR) is 67.9 cm³/mol. The number of carboxylic acids is 1. The van der Waals surface area contributed by atoms with Crippen molar-refractivity contribution in [3.8, 4) is 5.75 Å². The lowest BCUT2D eigenvalue weighted by Crippen LogP contribution is -2.24. The van der Waals surface area contributed by atoms with Gasteiger partial charge in [-0.15, -0.1) is 0 Å².